The molecule has 1 saturated heterocycles. The number of carbonyl (C=O) groups is 3. The van der Waals surface area contributed by atoms with Gasteiger partial charge in [-0.15, -0.1) is 0 Å². The molecule has 160 valence electrons. The van der Waals surface area contributed by atoms with Crippen LogP contribution in [0.4, 0.5) is 4.79 Å². The van der Waals surface area contributed by atoms with Gasteiger partial charge in [0.25, 0.3) is 5.82 Å². The van der Waals surface area contributed by atoms with E-state index >= 15 is 0 Å². The zero-order chi connectivity index (χ0) is 22.3. The first-order chi connectivity index (χ1) is 14.1. The summed E-state index contributed by atoms with van der Waals surface area (Å²) in [5.41, 5.74) is 2.31. The number of barbiturate groups is 1. The van der Waals surface area contributed by atoms with Crippen molar-refractivity contribution in [2.24, 2.45) is 11.8 Å². The van der Waals surface area contributed by atoms with Crippen LogP contribution in [-0.4, -0.2) is 46.3 Å². The second kappa shape index (κ2) is 7.93. The van der Waals surface area contributed by atoms with Crippen LogP contribution in [0.15, 0.2) is 30.3 Å². The highest BCUT2D eigenvalue weighted by molar-refractivity contribution is 6.16. The van der Waals surface area contributed by atoms with Gasteiger partial charge in [0.1, 0.15) is 23.9 Å². The first-order valence-electron chi connectivity index (χ1n) is 10.00. The summed E-state index contributed by atoms with van der Waals surface area (Å²) in [7, 11) is 2.73. The van der Waals surface area contributed by atoms with Crippen LogP contribution in [0.25, 0.3) is 0 Å². The highest BCUT2D eigenvalue weighted by Crippen LogP contribution is 2.36. The first kappa shape index (κ1) is 21.5. The van der Waals surface area contributed by atoms with E-state index in [2.05, 4.69) is 0 Å². The van der Waals surface area contributed by atoms with Crippen molar-refractivity contribution in [2.45, 2.75) is 40.2 Å². The van der Waals surface area contributed by atoms with Gasteiger partial charge in [-0.05, 0) is 11.5 Å². The van der Waals surface area contributed by atoms with Gasteiger partial charge in [0.15, 0.2) is 0 Å². The zero-order valence-corrected chi connectivity index (χ0v) is 18.2. The second-order valence-corrected chi connectivity index (χ2v) is 8.22. The Morgan fingerprint density at radius 2 is 1.53 bits per heavy atom. The van der Waals surface area contributed by atoms with E-state index in [0.717, 1.165) is 25.8 Å². The fraction of sp³-hybridized carbons (Fsp3) is 0.455. The maximum atomic E-state index is 13.2. The topological polar surface area (TPSA) is 89.6 Å². The van der Waals surface area contributed by atoms with Crippen molar-refractivity contribution >= 4 is 17.8 Å². The molecule has 30 heavy (non-hydrogen) atoms. The largest absolute Gasteiger partial charge is 0.711 e. The quantitative estimate of drug-likeness (QED) is 0.428. The van der Waals surface area contributed by atoms with Crippen LogP contribution in [0.3, 0.4) is 0 Å². The van der Waals surface area contributed by atoms with Gasteiger partial charge in [-0.2, -0.15) is 0 Å². The Morgan fingerprint density at radius 3 is 2.03 bits per heavy atom. The predicted molar refractivity (Wildman–Crippen MR) is 110 cm³/mol. The van der Waals surface area contributed by atoms with Crippen molar-refractivity contribution < 1.29 is 19.1 Å². The molecule has 0 unspecified atom stereocenters. The van der Waals surface area contributed by atoms with E-state index in [1.807, 2.05) is 55.7 Å². The molecule has 0 N–H and O–H groups in total. The van der Waals surface area contributed by atoms with E-state index in [-0.39, 0.29) is 5.92 Å². The SMILES string of the molecule is Cc1c(C)[n+]([O-])c([C@H](C(C)C)C2C(=O)N(C)C(=O)N(C)C2=O)n1Cc1ccccc1. The molecule has 0 saturated carbocycles. The fourth-order valence-electron chi connectivity index (χ4n) is 4.15. The molecule has 8 nitrogen and oxygen atoms in total. The lowest BCUT2D eigenvalue weighted by Crippen LogP contribution is -2.59. The molecule has 3 rings (SSSR count). The van der Waals surface area contributed by atoms with Gasteiger partial charge in [0.05, 0.1) is 5.92 Å². The van der Waals surface area contributed by atoms with Gasteiger partial charge in [0, 0.05) is 27.9 Å². The van der Waals surface area contributed by atoms with Crippen LogP contribution in [0, 0.1) is 30.9 Å². The molecule has 1 fully saturated rings. The number of urea groups is 1. The summed E-state index contributed by atoms with van der Waals surface area (Å²) >= 11 is 0. The van der Waals surface area contributed by atoms with E-state index in [1.165, 1.54) is 14.1 Å². The molecule has 1 aliphatic heterocycles. The van der Waals surface area contributed by atoms with Crippen LogP contribution in [0.2, 0.25) is 0 Å². The Hall–Kier alpha value is -3.16. The lowest BCUT2D eigenvalue weighted by Gasteiger charge is -2.37. The summed E-state index contributed by atoms with van der Waals surface area (Å²) in [6.07, 6.45) is 0. The lowest BCUT2D eigenvalue weighted by atomic mass is 9.80. The fourth-order valence-corrected chi connectivity index (χ4v) is 4.15. The summed E-state index contributed by atoms with van der Waals surface area (Å²) in [6, 6.07) is 9.05. The molecular weight excluding hydrogens is 384 g/mol. The van der Waals surface area contributed by atoms with Gasteiger partial charge < -0.3 is 5.21 Å². The molecular formula is C22H28N4O4. The van der Waals surface area contributed by atoms with Crippen molar-refractivity contribution in [3.8, 4) is 0 Å². The Labute approximate surface area is 176 Å². The van der Waals surface area contributed by atoms with E-state index in [4.69, 9.17) is 0 Å². The highest BCUT2D eigenvalue weighted by atomic mass is 16.5. The lowest BCUT2D eigenvalue weighted by molar-refractivity contribution is -0.622. The van der Waals surface area contributed by atoms with Crippen LogP contribution < -0.4 is 4.73 Å². The number of aromatic nitrogens is 2. The maximum Gasteiger partial charge on any atom is 0.332 e. The molecule has 0 bridgehead atoms. The van der Waals surface area contributed by atoms with Crippen molar-refractivity contribution in [1.82, 2.24) is 14.4 Å². The molecule has 0 aliphatic carbocycles. The Kier molecular flexibility index (Phi) is 5.70. The van der Waals surface area contributed by atoms with Crippen LogP contribution in [-0.2, 0) is 16.1 Å². The smallest absolute Gasteiger partial charge is 0.332 e. The highest BCUT2D eigenvalue weighted by Gasteiger charge is 2.51. The Morgan fingerprint density at radius 1 is 1.00 bits per heavy atom. The van der Waals surface area contributed by atoms with Crippen molar-refractivity contribution in [3.05, 3.63) is 58.3 Å². The third kappa shape index (κ3) is 3.36. The summed E-state index contributed by atoms with van der Waals surface area (Å²) in [4.78, 5) is 40.2. The number of rotatable bonds is 5. The van der Waals surface area contributed by atoms with Gasteiger partial charge in [0.2, 0.25) is 11.8 Å². The van der Waals surface area contributed by atoms with E-state index in [1.54, 1.807) is 6.92 Å². The molecule has 1 aliphatic rings. The molecule has 1 atom stereocenters. The zero-order valence-electron chi connectivity index (χ0n) is 18.2. The molecule has 0 radical (unpaired) electrons. The molecule has 1 aromatic carbocycles. The van der Waals surface area contributed by atoms with Crippen molar-refractivity contribution in [3.63, 3.8) is 0 Å². The normalized spacial score (nSPS) is 16.7. The standard InChI is InChI=1S/C22H28N4O4/c1-13(2)17(18-20(27)23(5)22(29)24(6)21(18)28)19-25(14(3)15(4)26(19)30)12-16-10-8-7-9-11-16/h7-11,13,17-18H,12H2,1-6H3/t17-/m1/s1. The minimum absolute atomic E-state index is 0.193. The molecule has 0 spiro atoms. The number of imidazole rings is 1. The van der Waals surface area contributed by atoms with E-state index < -0.39 is 29.7 Å². The van der Waals surface area contributed by atoms with Crippen molar-refractivity contribution in [1.29, 1.82) is 0 Å². The van der Waals surface area contributed by atoms with Gasteiger partial charge in [-0.25, -0.2) is 14.1 Å². The first-order valence-corrected chi connectivity index (χ1v) is 10.00. The average Bonchev–Trinajstić information content (AvgIpc) is 2.92. The summed E-state index contributed by atoms with van der Waals surface area (Å²) < 4.78 is 2.72. The minimum atomic E-state index is -1.14. The number of nitrogens with zero attached hydrogens (tertiary/aromatic N) is 4. The molecule has 4 amide bonds. The Balaban J connectivity index is 2.18. The number of imide groups is 2. The van der Waals surface area contributed by atoms with Crippen LogP contribution in [0.5, 0.6) is 0 Å². The number of amides is 4. The number of carbonyl (C=O) groups excluding carboxylic acids is 3. The molecule has 1 aromatic heterocycles. The Bertz CT molecular complexity index is 972. The van der Waals surface area contributed by atoms with E-state index in [0.29, 0.717) is 18.1 Å². The number of hydrogen-bond donors (Lipinski definition) is 0. The van der Waals surface area contributed by atoms with Gasteiger partial charge in [-0.3, -0.25) is 19.4 Å². The monoisotopic (exact) mass is 412 g/mol. The third-order valence-corrected chi connectivity index (χ3v) is 6.04. The maximum absolute atomic E-state index is 13.2. The minimum Gasteiger partial charge on any atom is -0.711 e. The van der Waals surface area contributed by atoms with E-state index in [9.17, 15) is 19.6 Å². The molecule has 2 aromatic rings. The number of benzene rings is 1. The summed E-state index contributed by atoms with van der Waals surface area (Å²) in [5, 5.41) is 13.2. The second-order valence-electron chi connectivity index (χ2n) is 8.22. The predicted octanol–water partition coefficient (Wildman–Crippen LogP) is 2.19. The number of hydrogen-bond acceptors (Lipinski definition) is 4. The van der Waals surface area contributed by atoms with Crippen LogP contribution in [0.1, 0.15) is 42.5 Å². The summed E-state index contributed by atoms with van der Waals surface area (Å²) in [5.74, 6) is -2.81. The van der Waals surface area contributed by atoms with Crippen LogP contribution >= 0.6 is 0 Å². The molecule has 8 heteroatoms. The van der Waals surface area contributed by atoms with Crippen molar-refractivity contribution in [2.75, 3.05) is 14.1 Å². The average molecular weight is 412 g/mol. The van der Waals surface area contributed by atoms with Gasteiger partial charge in [-0.1, -0.05) is 44.2 Å². The summed E-state index contributed by atoms with van der Waals surface area (Å²) in [6.45, 7) is 7.80. The van der Waals surface area contributed by atoms with Gasteiger partial charge >= 0.3 is 6.03 Å². The third-order valence-electron chi connectivity index (χ3n) is 6.04. The molecule has 2 heterocycles.